The van der Waals surface area contributed by atoms with Crippen molar-refractivity contribution in [3.63, 3.8) is 0 Å². The number of nitrogens with one attached hydrogen (secondary N) is 2. The van der Waals surface area contributed by atoms with E-state index in [1.165, 1.54) is 10.9 Å². The van der Waals surface area contributed by atoms with Gasteiger partial charge in [-0.3, -0.25) is 25.4 Å². The molecule has 0 unspecified atom stereocenters. The van der Waals surface area contributed by atoms with Crippen LogP contribution in [0.15, 0.2) is 60.8 Å². The molecule has 8 heteroatoms. The minimum absolute atomic E-state index is 0.203. The molecule has 2 aromatic carbocycles. The van der Waals surface area contributed by atoms with E-state index in [0.29, 0.717) is 27.8 Å². The van der Waals surface area contributed by atoms with Crippen molar-refractivity contribution < 1.29 is 14.7 Å². The number of hydrazine groups is 1. The molecular formula is C22H19N5O3. The Balaban J connectivity index is 1.54. The van der Waals surface area contributed by atoms with Gasteiger partial charge in [0.2, 0.25) is 0 Å². The first kappa shape index (κ1) is 19.1. The maximum absolute atomic E-state index is 12.7. The molecule has 0 fully saturated rings. The van der Waals surface area contributed by atoms with Crippen molar-refractivity contribution in [1.82, 2.24) is 25.6 Å². The molecule has 0 aliphatic carbocycles. The van der Waals surface area contributed by atoms with Gasteiger partial charge in [0, 0.05) is 11.1 Å². The van der Waals surface area contributed by atoms with Crippen LogP contribution in [0.3, 0.4) is 0 Å². The number of aromatic hydroxyl groups is 1. The Morgan fingerprint density at radius 1 is 0.967 bits per heavy atom. The summed E-state index contributed by atoms with van der Waals surface area (Å²) in [7, 11) is 0. The molecule has 3 N–H and O–H groups in total. The smallest absolute Gasteiger partial charge is 0.294 e. The van der Waals surface area contributed by atoms with Crippen LogP contribution < -0.4 is 10.9 Å². The number of aromatic nitrogens is 3. The third-order valence-electron chi connectivity index (χ3n) is 4.56. The number of aryl methyl sites for hydroxylation is 2. The van der Waals surface area contributed by atoms with Crippen LogP contribution in [0, 0.1) is 13.8 Å². The summed E-state index contributed by atoms with van der Waals surface area (Å²) >= 11 is 0. The second-order valence-corrected chi connectivity index (χ2v) is 6.88. The second-order valence-electron chi connectivity index (χ2n) is 6.88. The molecule has 0 bridgehead atoms. The molecule has 0 aliphatic heterocycles. The van der Waals surface area contributed by atoms with Gasteiger partial charge in [-0.1, -0.05) is 29.8 Å². The highest BCUT2D eigenvalue weighted by Gasteiger charge is 2.19. The van der Waals surface area contributed by atoms with Crippen LogP contribution in [-0.2, 0) is 0 Å². The topological polar surface area (TPSA) is 109 Å². The fraction of sp³-hybridized carbons (Fsp3) is 0.0909. The van der Waals surface area contributed by atoms with Gasteiger partial charge in [-0.05, 0) is 44.2 Å². The van der Waals surface area contributed by atoms with Crippen LogP contribution in [0.2, 0.25) is 0 Å². The molecule has 4 aromatic rings. The number of pyridine rings is 1. The predicted molar refractivity (Wildman–Crippen MR) is 111 cm³/mol. The molecule has 0 spiro atoms. The minimum Gasteiger partial charge on any atom is -0.504 e. The summed E-state index contributed by atoms with van der Waals surface area (Å²) in [5.41, 5.74) is 7.93. The number of carbonyl (C=O) groups excluding carboxylic acids is 2. The van der Waals surface area contributed by atoms with E-state index in [2.05, 4.69) is 20.9 Å². The number of hydrogen-bond donors (Lipinski definition) is 3. The van der Waals surface area contributed by atoms with Crippen molar-refractivity contribution in [2.24, 2.45) is 0 Å². The lowest BCUT2D eigenvalue weighted by Crippen LogP contribution is -2.42. The monoisotopic (exact) mass is 401 g/mol. The Morgan fingerprint density at radius 2 is 1.70 bits per heavy atom. The Hall–Kier alpha value is -4.20. The third-order valence-corrected chi connectivity index (χ3v) is 4.56. The van der Waals surface area contributed by atoms with Gasteiger partial charge in [0.05, 0.1) is 23.0 Å². The van der Waals surface area contributed by atoms with E-state index in [0.717, 1.165) is 5.56 Å². The van der Waals surface area contributed by atoms with Crippen molar-refractivity contribution in [3.8, 4) is 11.4 Å². The molecule has 0 saturated heterocycles. The number of carbonyl (C=O) groups is 2. The molecule has 2 amide bonds. The van der Waals surface area contributed by atoms with E-state index in [4.69, 9.17) is 0 Å². The Kier molecular flexibility index (Phi) is 4.89. The van der Waals surface area contributed by atoms with Gasteiger partial charge < -0.3 is 5.11 Å². The van der Waals surface area contributed by atoms with Crippen molar-refractivity contribution in [1.29, 1.82) is 0 Å². The lowest BCUT2D eigenvalue weighted by molar-refractivity contribution is 0.0843. The number of rotatable bonds is 3. The first-order chi connectivity index (χ1) is 14.4. The highest BCUT2D eigenvalue weighted by Crippen LogP contribution is 2.20. The Bertz CT molecular complexity index is 1260. The standard InChI is InChI=1S/C22H19N5O3/c1-13-8-9-18-16(10-13)17(11-14(2)23-18)21(29)24-25-22(30)20-19(28)12-27(26-20)15-6-4-3-5-7-15/h3-12,28H,1-2H3,(H,24,29)(H,25,30). The quantitative estimate of drug-likeness (QED) is 0.458. The molecular weight excluding hydrogens is 382 g/mol. The molecule has 0 radical (unpaired) electrons. The predicted octanol–water partition coefficient (Wildman–Crippen LogP) is 2.82. The zero-order chi connectivity index (χ0) is 21.3. The SMILES string of the molecule is Cc1ccc2nc(C)cc(C(=O)NNC(=O)c3nn(-c4ccccc4)cc3O)c2c1. The molecule has 150 valence electrons. The number of amides is 2. The largest absolute Gasteiger partial charge is 0.504 e. The summed E-state index contributed by atoms with van der Waals surface area (Å²) in [5, 5.41) is 14.9. The average Bonchev–Trinajstić information content (AvgIpc) is 3.14. The first-order valence-electron chi connectivity index (χ1n) is 9.25. The van der Waals surface area contributed by atoms with Crippen LogP contribution in [0.5, 0.6) is 5.75 Å². The fourth-order valence-electron chi connectivity index (χ4n) is 3.14. The van der Waals surface area contributed by atoms with Crippen molar-refractivity contribution in [3.05, 3.63) is 83.3 Å². The summed E-state index contributed by atoms with van der Waals surface area (Å²) in [6.07, 6.45) is 1.33. The van der Waals surface area contributed by atoms with Gasteiger partial charge in [0.15, 0.2) is 11.4 Å². The van der Waals surface area contributed by atoms with Crippen LogP contribution in [-0.4, -0.2) is 31.7 Å². The van der Waals surface area contributed by atoms with Crippen molar-refractivity contribution >= 4 is 22.7 Å². The van der Waals surface area contributed by atoms with E-state index < -0.39 is 11.8 Å². The van der Waals surface area contributed by atoms with Gasteiger partial charge in [-0.15, -0.1) is 0 Å². The van der Waals surface area contributed by atoms with E-state index in [-0.39, 0.29) is 11.4 Å². The minimum atomic E-state index is -0.734. The third kappa shape index (κ3) is 3.70. The van der Waals surface area contributed by atoms with Crippen LogP contribution >= 0.6 is 0 Å². The Morgan fingerprint density at radius 3 is 2.47 bits per heavy atom. The molecule has 2 heterocycles. The average molecular weight is 401 g/mol. The second kappa shape index (κ2) is 7.67. The lowest BCUT2D eigenvalue weighted by Gasteiger charge is -2.10. The van der Waals surface area contributed by atoms with Crippen molar-refractivity contribution in [2.75, 3.05) is 0 Å². The molecule has 8 nitrogen and oxygen atoms in total. The van der Waals surface area contributed by atoms with Gasteiger partial charge in [0.1, 0.15) is 0 Å². The molecule has 30 heavy (non-hydrogen) atoms. The number of nitrogens with zero attached hydrogens (tertiary/aromatic N) is 3. The summed E-state index contributed by atoms with van der Waals surface area (Å²) < 4.78 is 1.38. The molecule has 0 atom stereocenters. The normalized spacial score (nSPS) is 10.7. The molecule has 0 aliphatic rings. The van der Waals surface area contributed by atoms with Gasteiger partial charge in [0.25, 0.3) is 11.8 Å². The summed E-state index contributed by atoms with van der Waals surface area (Å²) in [5.74, 6) is -1.53. The zero-order valence-electron chi connectivity index (χ0n) is 16.4. The van der Waals surface area contributed by atoms with Crippen LogP contribution in [0.4, 0.5) is 0 Å². The van der Waals surface area contributed by atoms with Gasteiger partial charge >= 0.3 is 0 Å². The van der Waals surface area contributed by atoms with Crippen LogP contribution in [0.1, 0.15) is 32.1 Å². The highest BCUT2D eigenvalue weighted by molar-refractivity contribution is 6.07. The maximum atomic E-state index is 12.7. The van der Waals surface area contributed by atoms with Crippen LogP contribution in [0.25, 0.3) is 16.6 Å². The molecule has 2 aromatic heterocycles. The summed E-state index contributed by atoms with van der Waals surface area (Å²) in [4.78, 5) is 29.6. The zero-order valence-corrected chi connectivity index (χ0v) is 16.4. The summed E-state index contributed by atoms with van der Waals surface area (Å²) in [6.45, 7) is 3.72. The maximum Gasteiger partial charge on any atom is 0.294 e. The number of para-hydroxylation sites is 1. The van der Waals surface area contributed by atoms with E-state index in [1.54, 1.807) is 25.1 Å². The van der Waals surface area contributed by atoms with Gasteiger partial charge in [-0.2, -0.15) is 5.10 Å². The van der Waals surface area contributed by atoms with Gasteiger partial charge in [-0.25, -0.2) is 4.68 Å². The first-order valence-corrected chi connectivity index (χ1v) is 9.25. The fourth-order valence-corrected chi connectivity index (χ4v) is 3.14. The van der Waals surface area contributed by atoms with Crippen molar-refractivity contribution in [2.45, 2.75) is 13.8 Å². The highest BCUT2D eigenvalue weighted by atomic mass is 16.3. The number of fused-ring (bicyclic) bond motifs is 1. The summed E-state index contributed by atoms with van der Waals surface area (Å²) in [6, 6.07) is 16.3. The lowest BCUT2D eigenvalue weighted by atomic mass is 10.0. The Labute approximate surface area is 172 Å². The van der Waals surface area contributed by atoms with E-state index in [1.807, 2.05) is 43.3 Å². The number of hydrogen-bond acceptors (Lipinski definition) is 5. The molecule has 0 saturated carbocycles. The molecule has 4 rings (SSSR count). The van der Waals surface area contributed by atoms with E-state index >= 15 is 0 Å². The number of benzene rings is 2. The van der Waals surface area contributed by atoms with E-state index in [9.17, 15) is 14.7 Å².